The molecule has 6 rings (SSSR count). The molecule has 38 heavy (non-hydrogen) atoms. The average molecular weight is 534 g/mol. The van der Waals surface area contributed by atoms with Crippen molar-refractivity contribution in [2.24, 2.45) is 62.4 Å². The Balaban J connectivity index is 1.41. The third kappa shape index (κ3) is 2.87. The van der Waals surface area contributed by atoms with Crippen molar-refractivity contribution in [2.75, 3.05) is 13.7 Å². The molecule has 1 heterocycles. The summed E-state index contributed by atoms with van der Waals surface area (Å²) < 4.78 is 12.6. The topological polar surface area (TPSA) is 105 Å². The molecule has 6 aliphatic rings. The number of rotatable bonds is 4. The van der Waals surface area contributed by atoms with E-state index in [1.165, 1.54) is 6.42 Å². The van der Waals surface area contributed by atoms with E-state index in [1.807, 2.05) is 0 Å². The van der Waals surface area contributed by atoms with Gasteiger partial charge in [-0.05, 0) is 117 Å². The SMILES string of the molecule is COC(C1CC(C)C2C(O1)C(O)C1(C)C3CCC4C(C)(C)C(O)CCC45C(C)C35CCC21CN)C(C)(C)O. The number of fused-ring (bicyclic) bond motifs is 4. The summed E-state index contributed by atoms with van der Waals surface area (Å²) in [6.07, 6.45) is 5.46. The van der Waals surface area contributed by atoms with Crippen LogP contribution in [0.3, 0.4) is 0 Å². The minimum atomic E-state index is -1.03. The lowest BCUT2D eigenvalue weighted by Gasteiger charge is -2.64. The number of hydrogen-bond donors (Lipinski definition) is 4. The first-order chi connectivity index (χ1) is 17.6. The Hall–Kier alpha value is -0.240. The minimum Gasteiger partial charge on any atom is -0.393 e. The van der Waals surface area contributed by atoms with Crippen LogP contribution in [0.5, 0.6) is 0 Å². The maximum atomic E-state index is 12.4. The molecule has 218 valence electrons. The maximum absolute atomic E-state index is 12.4. The number of nitrogens with two attached hydrogens (primary N) is 1. The van der Waals surface area contributed by atoms with E-state index < -0.39 is 17.8 Å². The van der Waals surface area contributed by atoms with Gasteiger partial charge < -0.3 is 30.5 Å². The maximum Gasteiger partial charge on any atom is 0.111 e. The van der Waals surface area contributed by atoms with Crippen molar-refractivity contribution in [1.29, 1.82) is 0 Å². The molecule has 5 saturated carbocycles. The first-order valence-corrected chi connectivity index (χ1v) is 15.6. The molecule has 0 amide bonds. The monoisotopic (exact) mass is 533 g/mol. The highest BCUT2D eigenvalue weighted by Gasteiger charge is 2.88. The summed E-state index contributed by atoms with van der Waals surface area (Å²) in [4.78, 5) is 0. The lowest BCUT2D eigenvalue weighted by atomic mass is 9.41. The van der Waals surface area contributed by atoms with Crippen molar-refractivity contribution in [3.63, 3.8) is 0 Å². The van der Waals surface area contributed by atoms with Crippen molar-refractivity contribution >= 4 is 0 Å². The van der Waals surface area contributed by atoms with Gasteiger partial charge in [0.05, 0.1) is 30.0 Å². The van der Waals surface area contributed by atoms with E-state index in [0.29, 0.717) is 30.2 Å². The Morgan fingerprint density at radius 2 is 1.63 bits per heavy atom. The van der Waals surface area contributed by atoms with Crippen LogP contribution in [-0.4, -0.2) is 65.1 Å². The fraction of sp³-hybridized carbons (Fsp3) is 1.00. The molecule has 0 bridgehead atoms. The van der Waals surface area contributed by atoms with Crippen molar-refractivity contribution < 1.29 is 24.8 Å². The van der Waals surface area contributed by atoms with Crippen LogP contribution >= 0.6 is 0 Å². The van der Waals surface area contributed by atoms with E-state index >= 15 is 0 Å². The van der Waals surface area contributed by atoms with Gasteiger partial charge in [0, 0.05) is 12.5 Å². The van der Waals surface area contributed by atoms with Crippen LogP contribution < -0.4 is 5.73 Å². The van der Waals surface area contributed by atoms with Crippen molar-refractivity contribution in [3.05, 3.63) is 0 Å². The summed E-state index contributed by atoms with van der Waals surface area (Å²) in [7, 11) is 1.65. The number of methoxy groups -OCH3 is 1. The highest BCUT2D eigenvalue weighted by Crippen LogP contribution is 2.91. The molecule has 0 aromatic heterocycles. The predicted octanol–water partition coefficient (Wildman–Crippen LogP) is 4.13. The Morgan fingerprint density at radius 3 is 2.24 bits per heavy atom. The third-order valence-corrected chi connectivity index (χ3v) is 14.8. The van der Waals surface area contributed by atoms with Crippen LogP contribution in [0.4, 0.5) is 0 Å². The lowest BCUT2D eigenvalue weighted by Crippen LogP contribution is -2.62. The van der Waals surface area contributed by atoms with Gasteiger partial charge in [0.15, 0.2) is 0 Å². The fourth-order valence-electron chi connectivity index (χ4n) is 13.3. The first kappa shape index (κ1) is 27.9. The zero-order valence-electron chi connectivity index (χ0n) is 25.2. The summed E-state index contributed by atoms with van der Waals surface area (Å²) in [5, 5.41) is 34.3. The Labute approximate surface area is 230 Å². The van der Waals surface area contributed by atoms with Gasteiger partial charge in [-0.25, -0.2) is 0 Å². The Morgan fingerprint density at radius 1 is 1.00 bits per heavy atom. The normalized spacial score (nSPS) is 57.6. The predicted molar refractivity (Wildman–Crippen MR) is 147 cm³/mol. The van der Waals surface area contributed by atoms with Crippen molar-refractivity contribution in [3.8, 4) is 0 Å². The second-order valence-electron chi connectivity index (χ2n) is 16.1. The standard InChI is InChI=1S/C32H55NO5/c1-17-15-19(26(37-8)28(5,6)36)38-24-23(17)30(16-33)13-14-32-18(2)31(32)12-11-22(34)27(3,4)20(31)9-10-21(32)29(30,7)25(24)35/h17-26,34-36H,9-16,33H2,1-8H3. The molecule has 6 heteroatoms. The van der Waals surface area contributed by atoms with Crippen LogP contribution in [0, 0.1) is 56.7 Å². The zero-order chi connectivity index (χ0) is 27.8. The Bertz CT molecular complexity index is 964. The van der Waals surface area contributed by atoms with Crippen LogP contribution in [0.2, 0.25) is 0 Å². The van der Waals surface area contributed by atoms with Gasteiger partial charge in [-0.15, -0.1) is 0 Å². The van der Waals surface area contributed by atoms with Gasteiger partial charge in [0.25, 0.3) is 0 Å². The van der Waals surface area contributed by atoms with E-state index in [-0.39, 0.29) is 51.3 Å². The number of aliphatic hydroxyl groups is 3. The molecule has 14 atom stereocenters. The van der Waals surface area contributed by atoms with Crippen molar-refractivity contribution in [1.82, 2.24) is 0 Å². The molecule has 2 spiro atoms. The summed E-state index contributed by atoms with van der Waals surface area (Å²) in [6.45, 7) is 16.0. The molecule has 6 fully saturated rings. The average Bonchev–Trinajstić information content (AvgIpc) is 3.29. The zero-order valence-corrected chi connectivity index (χ0v) is 25.2. The first-order valence-electron chi connectivity index (χ1n) is 15.6. The molecular formula is C32H55NO5. The molecule has 1 aliphatic heterocycles. The molecule has 14 unspecified atom stereocenters. The highest BCUT2D eigenvalue weighted by molar-refractivity contribution is 5.35. The van der Waals surface area contributed by atoms with Gasteiger partial charge in [0.1, 0.15) is 6.10 Å². The molecule has 0 aromatic rings. The molecule has 5 aliphatic carbocycles. The molecule has 0 radical (unpaired) electrons. The fourth-order valence-corrected chi connectivity index (χ4v) is 13.3. The van der Waals surface area contributed by atoms with E-state index in [2.05, 4.69) is 34.6 Å². The molecular weight excluding hydrogens is 478 g/mol. The lowest BCUT2D eigenvalue weighted by molar-refractivity contribution is -0.209. The number of aliphatic hydroxyl groups excluding tert-OH is 2. The van der Waals surface area contributed by atoms with Gasteiger partial charge in [-0.1, -0.05) is 34.6 Å². The van der Waals surface area contributed by atoms with Gasteiger partial charge >= 0.3 is 0 Å². The van der Waals surface area contributed by atoms with E-state index in [1.54, 1.807) is 21.0 Å². The summed E-state index contributed by atoms with van der Waals surface area (Å²) in [6, 6.07) is 0. The molecule has 0 aromatic carbocycles. The second kappa shape index (κ2) is 8.19. The molecule has 6 nitrogen and oxygen atoms in total. The van der Waals surface area contributed by atoms with Gasteiger partial charge in [-0.2, -0.15) is 0 Å². The van der Waals surface area contributed by atoms with Gasteiger partial charge in [-0.3, -0.25) is 0 Å². The quantitative estimate of drug-likeness (QED) is 0.433. The van der Waals surface area contributed by atoms with Crippen LogP contribution in [0.1, 0.15) is 93.4 Å². The van der Waals surface area contributed by atoms with E-state index in [4.69, 9.17) is 15.2 Å². The summed E-state index contributed by atoms with van der Waals surface area (Å²) >= 11 is 0. The third-order valence-electron chi connectivity index (χ3n) is 14.8. The number of hydrogen-bond acceptors (Lipinski definition) is 6. The molecule has 5 N–H and O–H groups in total. The van der Waals surface area contributed by atoms with Crippen molar-refractivity contribution in [2.45, 2.75) is 130 Å². The summed E-state index contributed by atoms with van der Waals surface area (Å²) in [5.74, 6) is 2.08. The van der Waals surface area contributed by atoms with Crippen LogP contribution in [0.15, 0.2) is 0 Å². The smallest absolute Gasteiger partial charge is 0.111 e. The highest BCUT2D eigenvalue weighted by atomic mass is 16.6. The minimum absolute atomic E-state index is 0.0658. The van der Waals surface area contributed by atoms with E-state index in [0.717, 1.165) is 38.5 Å². The van der Waals surface area contributed by atoms with E-state index in [9.17, 15) is 15.3 Å². The molecule has 1 saturated heterocycles. The van der Waals surface area contributed by atoms with Crippen LogP contribution in [0.25, 0.3) is 0 Å². The second-order valence-corrected chi connectivity index (χ2v) is 16.1. The largest absolute Gasteiger partial charge is 0.393 e. The Kier molecular flexibility index (Phi) is 6.01. The van der Waals surface area contributed by atoms with Crippen LogP contribution in [-0.2, 0) is 9.47 Å². The summed E-state index contributed by atoms with van der Waals surface area (Å²) in [5.41, 5.74) is 5.74. The number of ether oxygens (including phenoxy) is 2. The van der Waals surface area contributed by atoms with Gasteiger partial charge in [0.2, 0.25) is 0 Å².